The Morgan fingerprint density at radius 2 is 1.64 bits per heavy atom. The molecule has 1 fully saturated rings. The zero-order valence-electron chi connectivity index (χ0n) is 19.1. The van der Waals surface area contributed by atoms with Crippen LogP contribution in [0.25, 0.3) is 0 Å². The van der Waals surface area contributed by atoms with Crippen molar-refractivity contribution in [3.8, 4) is 17.2 Å². The van der Waals surface area contributed by atoms with Crippen LogP contribution in [-0.2, 0) is 15.8 Å². The lowest BCUT2D eigenvalue weighted by Gasteiger charge is -2.28. The maximum atomic E-state index is 13.5. The summed E-state index contributed by atoms with van der Waals surface area (Å²) in [6, 6.07) is 12.5. The average molecular weight is 499 g/mol. The molecule has 1 N–H and O–H groups in total. The highest BCUT2D eigenvalue weighted by molar-refractivity contribution is 6.49. The monoisotopic (exact) mass is 499 g/mol. The predicted molar refractivity (Wildman–Crippen MR) is 122 cm³/mol. The van der Waals surface area contributed by atoms with Crippen LogP contribution in [0.1, 0.15) is 27.5 Å². The van der Waals surface area contributed by atoms with Gasteiger partial charge in [0.1, 0.15) is 11.7 Å². The maximum Gasteiger partial charge on any atom is 0.416 e. The first kappa shape index (κ1) is 24.8. The van der Waals surface area contributed by atoms with Crippen LogP contribution in [0.4, 0.5) is 18.9 Å². The van der Waals surface area contributed by atoms with E-state index in [2.05, 4.69) is 0 Å². The number of hydrogen-bond donors (Lipinski definition) is 1. The van der Waals surface area contributed by atoms with Crippen molar-refractivity contribution in [3.05, 3.63) is 83.4 Å². The van der Waals surface area contributed by atoms with E-state index in [1.807, 2.05) is 0 Å². The highest BCUT2D eigenvalue weighted by atomic mass is 19.4. The fourth-order valence-electron chi connectivity index (χ4n) is 4.20. The largest absolute Gasteiger partial charge is 0.504 e. The molecule has 0 aliphatic carbocycles. The topological polar surface area (TPSA) is 93.1 Å². The Hall–Kier alpha value is -4.34. The molecular formula is C26H20F3NO6. The molecule has 1 heterocycles. The molecule has 1 aliphatic rings. The molecule has 0 aromatic heterocycles. The Morgan fingerprint density at radius 1 is 0.944 bits per heavy atom. The molecular weight excluding hydrogens is 479 g/mol. The lowest BCUT2D eigenvalue weighted by Crippen LogP contribution is -2.31. The Kier molecular flexibility index (Phi) is 6.45. The third-order valence-electron chi connectivity index (χ3n) is 5.96. The van der Waals surface area contributed by atoms with Gasteiger partial charge in [-0.2, -0.15) is 13.2 Å². The molecule has 2 atom stereocenters. The summed E-state index contributed by atoms with van der Waals surface area (Å²) < 4.78 is 50.4. The Morgan fingerprint density at radius 3 is 2.25 bits per heavy atom. The van der Waals surface area contributed by atoms with Crippen LogP contribution in [0.3, 0.4) is 0 Å². The second kappa shape index (κ2) is 9.37. The van der Waals surface area contributed by atoms with Gasteiger partial charge in [-0.15, -0.1) is 0 Å². The van der Waals surface area contributed by atoms with E-state index in [4.69, 9.17) is 9.47 Å². The van der Waals surface area contributed by atoms with E-state index in [0.29, 0.717) is 5.75 Å². The van der Waals surface area contributed by atoms with Crippen molar-refractivity contribution < 1.29 is 42.1 Å². The normalized spacial score (nSPS) is 17.9. The number of alkyl halides is 3. The second-order valence-corrected chi connectivity index (χ2v) is 8.03. The van der Waals surface area contributed by atoms with Gasteiger partial charge < -0.3 is 14.6 Å². The van der Waals surface area contributed by atoms with Crippen molar-refractivity contribution in [1.82, 2.24) is 0 Å². The Bertz CT molecular complexity index is 1340. The minimum absolute atomic E-state index is 0.000985. The van der Waals surface area contributed by atoms with E-state index in [0.717, 1.165) is 23.1 Å². The summed E-state index contributed by atoms with van der Waals surface area (Å²) in [4.78, 5) is 40.7. The van der Waals surface area contributed by atoms with E-state index in [1.54, 1.807) is 0 Å². The smallest absolute Gasteiger partial charge is 0.416 e. The number of phenols is 1. The minimum atomic E-state index is -4.70. The molecule has 4 rings (SSSR count). The highest BCUT2D eigenvalue weighted by Crippen LogP contribution is 2.44. The van der Waals surface area contributed by atoms with Crippen molar-refractivity contribution in [3.63, 3.8) is 0 Å². The van der Waals surface area contributed by atoms with Gasteiger partial charge in [0.05, 0.1) is 25.8 Å². The number of ketones is 2. The number of hydrogen-bond acceptors (Lipinski definition) is 6. The summed E-state index contributed by atoms with van der Waals surface area (Å²) in [5.41, 5.74) is -0.894. The molecule has 1 aliphatic heterocycles. The average Bonchev–Trinajstić information content (AvgIpc) is 3.13. The second-order valence-electron chi connectivity index (χ2n) is 8.03. The third kappa shape index (κ3) is 4.37. The van der Waals surface area contributed by atoms with Gasteiger partial charge >= 0.3 is 6.18 Å². The molecule has 1 saturated heterocycles. The fourth-order valence-corrected chi connectivity index (χ4v) is 4.20. The fraction of sp³-hybridized carbons (Fsp3) is 0.192. The molecule has 3 aromatic carbocycles. The number of nitrogens with zero attached hydrogens (tertiary/aromatic N) is 1. The van der Waals surface area contributed by atoms with Gasteiger partial charge in [-0.3, -0.25) is 19.3 Å². The third-order valence-corrected chi connectivity index (χ3v) is 5.96. The molecule has 0 saturated carbocycles. The van der Waals surface area contributed by atoms with E-state index >= 15 is 0 Å². The first-order chi connectivity index (χ1) is 17.1. The van der Waals surface area contributed by atoms with Gasteiger partial charge in [-0.05, 0) is 60.2 Å². The summed E-state index contributed by atoms with van der Waals surface area (Å²) in [5.74, 6) is -4.22. The minimum Gasteiger partial charge on any atom is -0.504 e. The van der Waals surface area contributed by atoms with Crippen molar-refractivity contribution in [1.29, 1.82) is 0 Å². The van der Waals surface area contributed by atoms with E-state index in [1.165, 1.54) is 62.8 Å². The van der Waals surface area contributed by atoms with Gasteiger partial charge in [-0.1, -0.05) is 12.1 Å². The number of amides is 1. The van der Waals surface area contributed by atoms with Crippen LogP contribution in [0.2, 0.25) is 0 Å². The quantitative estimate of drug-likeness (QED) is 0.303. The summed E-state index contributed by atoms with van der Waals surface area (Å²) in [6.45, 7) is 0. The lowest BCUT2D eigenvalue weighted by molar-refractivity contribution is -0.137. The molecule has 2 unspecified atom stereocenters. The van der Waals surface area contributed by atoms with Crippen LogP contribution in [-0.4, -0.2) is 36.8 Å². The van der Waals surface area contributed by atoms with Crippen molar-refractivity contribution in [2.24, 2.45) is 5.92 Å². The highest BCUT2D eigenvalue weighted by Gasteiger charge is 2.52. The van der Waals surface area contributed by atoms with Crippen LogP contribution in [0.15, 0.2) is 66.7 Å². The molecule has 7 nitrogen and oxygen atoms in total. The number of Topliss-reactive ketones (excluding diaryl/α,β-unsaturated/α-hetero) is 2. The number of ether oxygens (including phenoxy) is 2. The number of anilines is 1. The van der Waals surface area contributed by atoms with Crippen molar-refractivity contribution in [2.45, 2.75) is 12.2 Å². The molecule has 36 heavy (non-hydrogen) atoms. The van der Waals surface area contributed by atoms with Gasteiger partial charge in [0.2, 0.25) is 5.78 Å². The SMILES string of the molecule is COc1ccc(C(=O)C2C(=O)C(=O)N(c3cccc(C(F)(F)F)c3)C2c2ccc(O)c(OC)c2)cc1. The number of carbonyl (C=O) groups excluding carboxylic acids is 3. The van der Waals surface area contributed by atoms with Gasteiger partial charge in [0, 0.05) is 11.3 Å². The molecule has 1 amide bonds. The van der Waals surface area contributed by atoms with Crippen LogP contribution in [0, 0.1) is 5.92 Å². The summed E-state index contributed by atoms with van der Waals surface area (Å²) in [6.07, 6.45) is -4.70. The number of methoxy groups -OCH3 is 2. The standard InChI is InChI=1S/C26H20F3NO6/c1-35-18-9-6-14(7-10-18)23(32)21-22(15-8-11-19(31)20(12-15)36-2)30(25(34)24(21)33)17-5-3-4-16(13-17)26(27,28)29/h3-13,21-22,31H,1-2H3. The van der Waals surface area contributed by atoms with Gasteiger partial charge in [0.25, 0.3) is 5.91 Å². The van der Waals surface area contributed by atoms with Crippen molar-refractivity contribution in [2.75, 3.05) is 19.1 Å². The first-order valence-electron chi connectivity index (χ1n) is 10.7. The number of rotatable bonds is 6. The van der Waals surface area contributed by atoms with E-state index in [-0.39, 0.29) is 28.3 Å². The molecule has 10 heteroatoms. The van der Waals surface area contributed by atoms with Crippen LogP contribution in [0.5, 0.6) is 17.2 Å². The molecule has 0 bridgehead atoms. The summed E-state index contributed by atoms with van der Waals surface area (Å²) in [5, 5.41) is 10.0. The first-order valence-corrected chi connectivity index (χ1v) is 10.7. The number of phenolic OH excluding ortho intramolecular Hbond substituents is 1. The predicted octanol–water partition coefficient (Wildman–Crippen LogP) is 4.58. The van der Waals surface area contributed by atoms with Crippen molar-refractivity contribution >= 4 is 23.2 Å². The van der Waals surface area contributed by atoms with E-state index in [9.17, 15) is 32.7 Å². The maximum absolute atomic E-state index is 13.5. The Balaban J connectivity index is 1.88. The summed E-state index contributed by atoms with van der Waals surface area (Å²) >= 11 is 0. The zero-order valence-corrected chi connectivity index (χ0v) is 19.1. The summed E-state index contributed by atoms with van der Waals surface area (Å²) in [7, 11) is 2.73. The van der Waals surface area contributed by atoms with E-state index < -0.39 is 41.2 Å². The molecule has 186 valence electrons. The lowest BCUT2D eigenvalue weighted by atomic mass is 9.86. The Labute approximate surface area is 203 Å². The number of aromatic hydroxyl groups is 1. The molecule has 3 aromatic rings. The number of carbonyl (C=O) groups is 3. The number of halogens is 3. The molecule has 0 spiro atoms. The van der Waals surface area contributed by atoms with Crippen LogP contribution < -0.4 is 14.4 Å². The molecule has 0 radical (unpaired) electrons. The van der Waals surface area contributed by atoms with Crippen LogP contribution >= 0.6 is 0 Å². The van der Waals surface area contributed by atoms with Gasteiger partial charge in [-0.25, -0.2) is 0 Å². The number of benzene rings is 3. The van der Waals surface area contributed by atoms with Gasteiger partial charge in [0.15, 0.2) is 17.3 Å². The zero-order chi connectivity index (χ0) is 26.2.